The van der Waals surface area contributed by atoms with Gasteiger partial charge in [-0.1, -0.05) is 59.9 Å². The average molecular weight is 366 g/mol. The Hall–Kier alpha value is -2.99. The van der Waals surface area contributed by atoms with Crippen molar-refractivity contribution in [2.24, 2.45) is 0 Å². The second kappa shape index (κ2) is 7.93. The Morgan fingerprint density at radius 1 is 1.08 bits per heavy atom. The third-order valence-electron chi connectivity index (χ3n) is 3.69. The number of hydrogen-bond acceptors (Lipinski definition) is 5. The molecular formula is C20H18N2O3S. The zero-order chi connectivity index (χ0) is 18.5. The highest BCUT2D eigenvalue weighted by molar-refractivity contribution is 7.17. The largest absolute Gasteiger partial charge is 0.483 e. The number of thiazole rings is 1. The highest BCUT2D eigenvalue weighted by Crippen LogP contribution is 2.29. The van der Waals surface area contributed by atoms with E-state index in [-0.39, 0.29) is 18.3 Å². The Kier molecular flexibility index (Phi) is 5.43. The molecule has 6 heteroatoms. The van der Waals surface area contributed by atoms with Crippen molar-refractivity contribution in [3.63, 3.8) is 0 Å². The molecule has 0 spiro atoms. The number of Topliss-reactive ketones (excluding diaryl/α,β-unsaturated/α-hetero) is 1. The molecule has 0 aliphatic carbocycles. The standard InChI is InChI=1S/C20H18N2O3S/c1-13-19(14(2)23)26-20(21-13)22-18(24)12-25-17-11-7-6-10-16(17)15-8-4-3-5-9-15/h3-11H,12H2,1-2H3,(H,21,22,24). The Labute approximate surface area is 155 Å². The number of ketones is 1. The summed E-state index contributed by atoms with van der Waals surface area (Å²) in [4.78, 5) is 28.4. The fourth-order valence-corrected chi connectivity index (χ4v) is 3.40. The molecule has 1 heterocycles. The minimum atomic E-state index is -0.322. The van der Waals surface area contributed by atoms with Gasteiger partial charge < -0.3 is 4.74 Å². The lowest BCUT2D eigenvalue weighted by Gasteiger charge is -2.11. The normalized spacial score (nSPS) is 10.4. The summed E-state index contributed by atoms with van der Waals surface area (Å²) in [6.07, 6.45) is 0. The highest BCUT2D eigenvalue weighted by atomic mass is 32.1. The summed E-state index contributed by atoms with van der Waals surface area (Å²) in [6, 6.07) is 17.4. The van der Waals surface area contributed by atoms with E-state index in [1.807, 2.05) is 54.6 Å². The van der Waals surface area contributed by atoms with Crippen LogP contribution in [0.4, 0.5) is 5.13 Å². The Morgan fingerprint density at radius 3 is 2.46 bits per heavy atom. The van der Waals surface area contributed by atoms with Crippen LogP contribution in [0.25, 0.3) is 11.1 Å². The van der Waals surface area contributed by atoms with Gasteiger partial charge in [-0.05, 0) is 18.6 Å². The predicted octanol–water partition coefficient (Wildman–Crippen LogP) is 4.34. The fraction of sp³-hybridized carbons (Fsp3) is 0.150. The van der Waals surface area contributed by atoms with Crippen molar-refractivity contribution in [3.05, 3.63) is 65.2 Å². The van der Waals surface area contributed by atoms with Crippen LogP contribution in [0.3, 0.4) is 0 Å². The molecule has 0 fully saturated rings. The number of benzene rings is 2. The van der Waals surface area contributed by atoms with Gasteiger partial charge in [0.25, 0.3) is 5.91 Å². The van der Waals surface area contributed by atoms with Crippen molar-refractivity contribution in [3.8, 4) is 16.9 Å². The second-order valence-electron chi connectivity index (χ2n) is 5.69. The number of aryl methyl sites for hydroxylation is 1. The molecule has 0 saturated carbocycles. The molecule has 26 heavy (non-hydrogen) atoms. The first kappa shape index (κ1) is 17.8. The minimum absolute atomic E-state index is 0.0615. The molecule has 0 saturated heterocycles. The van der Waals surface area contributed by atoms with E-state index in [1.165, 1.54) is 18.3 Å². The molecule has 5 nitrogen and oxygen atoms in total. The maximum Gasteiger partial charge on any atom is 0.264 e. The lowest BCUT2D eigenvalue weighted by Crippen LogP contribution is -2.20. The van der Waals surface area contributed by atoms with Gasteiger partial charge in [-0.25, -0.2) is 4.98 Å². The van der Waals surface area contributed by atoms with Gasteiger partial charge in [-0.2, -0.15) is 0 Å². The van der Waals surface area contributed by atoms with Gasteiger partial charge in [-0.3, -0.25) is 14.9 Å². The van der Waals surface area contributed by atoms with Crippen LogP contribution < -0.4 is 10.1 Å². The average Bonchev–Trinajstić information content (AvgIpc) is 3.01. The van der Waals surface area contributed by atoms with Crippen LogP contribution >= 0.6 is 11.3 Å². The quantitative estimate of drug-likeness (QED) is 0.659. The van der Waals surface area contributed by atoms with E-state index in [9.17, 15) is 9.59 Å². The molecule has 1 amide bonds. The molecule has 0 bridgehead atoms. The number of aromatic nitrogens is 1. The first-order valence-electron chi connectivity index (χ1n) is 8.10. The Balaban J connectivity index is 1.67. The van der Waals surface area contributed by atoms with E-state index < -0.39 is 0 Å². The molecule has 3 rings (SSSR count). The number of hydrogen-bond donors (Lipinski definition) is 1. The molecule has 0 aliphatic heterocycles. The lowest BCUT2D eigenvalue weighted by molar-refractivity contribution is -0.118. The summed E-state index contributed by atoms with van der Waals surface area (Å²) in [7, 11) is 0. The van der Waals surface area contributed by atoms with Gasteiger partial charge in [-0.15, -0.1) is 0 Å². The number of anilines is 1. The van der Waals surface area contributed by atoms with Gasteiger partial charge in [0, 0.05) is 12.5 Å². The summed E-state index contributed by atoms with van der Waals surface area (Å²) in [5, 5.41) is 3.08. The summed E-state index contributed by atoms with van der Waals surface area (Å²) >= 11 is 1.17. The van der Waals surface area contributed by atoms with E-state index in [4.69, 9.17) is 4.74 Å². The van der Waals surface area contributed by atoms with Gasteiger partial charge >= 0.3 is 0 Å². The second-order valence-corrected chi connectivity index (χ2v) is 6.69. The van der Waals surface area contributed by atoms with Crippen LogP contribution in [0, 0.1) is 6.92 Å². The SMILES string of the molecule is CC(=O)c1sc(NC(=O)COc2ccccc2-c2ccccc2)nc1C. The van der Waals surface area contributed by atoms with E-state index in [0.29, 0.717) is 21.5 Å². The van der Waals surface area contributed by atoms with Gasteiger partial charge in [0.05, 0.1) is 10.6 Å². The Bertz CT molecular complexity index is 935. The summed E-state index contributed by atoms with van der Waals surface area (Å²) in [6.45, 7) is 3.09. The zero-order valence-electron chi connectivity index (χ0n) is 14.5. The van der Waals surface area contributed by atoms with E-state index in [2.05, 4.69) is 10.3 Å². The van der Waals surface area contributed by atoms with Crippen molar-refractivity contribution < 1.29 is 14.3 Å². The third kappa shape index (κ3) is 4.15. The van der Waals surface area contributed by atoms with Crippen molar-refractivity contribution >= 4 is 28.2 Å². The van der Waals surface area contributed by atoms with E-state index in [0.717, 1.165) is 11.1 Å². The summed E-state index contributed by atoms with van der Waals surface area (Å²) in [5.41, 5.74) is 2.56. The highest BCUT2D eigenvalue weighted by Gasteiger charge is 2.14. The van der Waals surface area contributed by atoms with Crippen LogP contribution in [0.2, 0.25) is 0 Å². The van der Waals surface area contributed by atoms with Crippen LogP contribution in [0.5, 0.6) is 5.75 Å². The maximum atomic E-state index is 12.2. The van der Waals surface area contributed by atoms with Crippen LogP contribution in [-0.4, -0.2) is 23.3 Å². The maximum absolute atomic E-state index is 12.2. The summed E-state index contributed by atoms with van der Waals surface area (Å²) in [5.74, 6) is 0.249. The number of amides is 1. The van der Waals surface area contributed by atoms with Crippen LogP contribution in [0.15, 0.2) is 54.6 Å². The zero-order valence-corrected chi connectivity index (χ0v) is 15.3. The minimum Gasteiger partial charge on any atom is -0.483 e. The molecule has 3 aromatic rings. The molecule has 0 aliphatic rings. The molecule has 1 N–H and O–H groups in total. The molecule has 2 aromatic carbocycles. The van der Waals surface area contributed by atoms with Gasteiger partial charge in [0.1, 0.15) is 5.75 Å². The number of nitrogens with zero attached hydrogens (tertiary/aromatic N) is 1. The number of ether oxygens (including phenoxy) is 1. The number of para-hydroxylation sites is 1. The van der Waals surface area contributed by atoms with E-state index >= 15 is 0 Å². The Morgan fingerprint density at radius 2 is 1.77 bits per heavy atom. The number of carbonyl (C=O) groups is 2. The van der Waals surface area contributed by atoms with Crippen molar-refractivity contribution in [2.75, 3.05) is 11.9 Å². The van der Waals surface area contributed by atoms with Gasteiger partial charge in [0.2, 0.25) is 0 Å². The lowest BCUT2D eigenvalue weighted by atomic mass is 10.1. The molecule has 0 atom stereocenters. The van der Waals surface area contributed by atoms with Crippen molar-refractivity contribution in [1.29, 1.82) is 0 Å². The van der Waals surface area contributed by atoms with Crippen molar-refractivity contribution in [2.45, 2.75) is 13.8 Å². The van der Waals surface area contributed by atoms with E-state index in [1.54, 1.807) is 6.92 Å². The predicted molar refractivity (Wildman–Crippen MR) is 103 cm³/mol. The van der Waals surface area contributed by atoms with Gasteiger partial charge in [0.15, 0.2) is 17.5 Å². The monoisotopic (exact) mass is 366 g/mol. The molecular weight excluding hydrogens is 348 g/mol. The van der Waals surface area contributed by atoms with Crippen LogP contribution in [-0.2, 0) is 4.79 Å². The third-order valence-corrected chi connectivity index (χ3v) is 4.87. The van der Waals surface area contributed by atoms with Crippen LogP contribution in [0.1, 0.15) is 22.3 Å². The number of rotatable bonds is 6. The topological polar surface area (TPSA) is 68.3 Å². The molecule has 0 unspecified atom stereocenters. The summed E-state index contributed by atoms with van der Waals surface area (Å²) < 4.78 is 5.71. The number of carbonyl (C=O) groups excluding carboxylic acids is 2. The first-order chi connectivity index (χ1) is 12.5. The first-order valence-corrected chi connectivity index (χ1v) is 8.91. The molecule has 0 radical (unpaired) electrons. The molecule has 1 aromatic heterocycles. The number of nitrogens with one attached hydrogen (secondary N) is 1. The fourth-order valence-electron chi connectivity index (χ4n) is 2.52. The smallest absolute Gasteiger partial charge is 0.264 e. The molecule has 132 valence electrons. The van der Waals surface area contributed by atoms with Crippen molar-refractivity contribution in [1.82, 2.24) is 4.98 Å².